The number of nitrogens with zero attached hydrogens (tertiary/aromatic N) is 2. The van der Waals surface area contributed by atoms with Gasteiger partial charge in [0, 0.05) is 5.56 Å². The number of esters is 1. The van der Waals surface area contributed by atoms with Crippen LogP contribution in [0, 0.1) is 11.8 Å². The van der Waals surface area contributed by atoms with Crippen LogP contribution in [-0.2, 0) is 15.7 Å². The average molecular weight is 517 g/mol. The van der Waals surface area contributed by atoms with Gasteiger partial charge in [0.25, 0.3) is 5.91 Å². The van der Waals surface area contributed by atoms with Gasteiger partial charge in [0.05, 0.1) is 30.9 Å². The summed E-state index contributed by atoms with van der Waals surface area (Å²) in [7, 11) is 1.28. The van der Waals surface area contributed by atoms with E-state index in [1.807, 2.05) is 0 Å². The molecule has 1 aliphatic carbocycles. The molecule has 1 fully saturated rings. The maximum Gasteiger partial charge on any atom is 0.416 e. The SMILES string of the molecule is COC(=O)c1ccc(C(O)CN2C(=O)C(c3cccc(C(F)(F)F)c3)=NC23CCC(C(C)C)CC3)cc1. The zero-order valence-electron chi connectivity index (χ0n) is 21.1. The number of β-amino-alcohol motifs (C(OH)–C–C–N with tert-alkyl or cyclic N) is 1. The third-order valence-electron chi connectivity index (χ3n) is 7.58. The summed E-state index contributed by atoms with van der Waals surface area (Å²) in [5, 5.41) is 11.0. The topological polar surface area (TPSA) is 79.2 Å². The van der Waals surface area contributed by atoms with Crippen LogP contribution in [0.1, 0.15) is 72.7 Å². The van der Waals surface area contributed by atoms with Crippen LogP contribution in [0.25, 0.3) is 0 Å². The maximum atomic E-state index is 13.6. The lowest BCUT2D eigenvalue weighted by Gasteiger charge is -2.43. The lowest BCUT2D eigenvalue weighted by Crippen LogP contribution is -2.50. The van der Waals surface area contributed by atoms with Crippen molar-refractivity contribution in [1.82, 2.24) is 4.90 Å². The maximum absolute atomic E-state index is 13.6. The molecule has 2 aromatic carbocycles. The number of halogens is 3. The van der Waals surface area contributed by atoms with Crippen LogP contribution in [0.5, 0.6) is 0 Å². The van der Waals surface area contributed by atoms with Crippen molar-refractivity contribution < 1.29 is 32.6 Å². The van der Waals surface area contributed by atoms with Crippen LogP contribution in [0.3, 0.4) is 0 Å². The summed E-state index contributed by atoms with van der Waals surface area (Å²) < 4.78 is 44.8. The van der Waals surface area contributed by atoms with Crippen LogP contribution in [-0.4, -0.2) is 46.9 Å². The Labute approximate surface area is 214 Å². The van der Waals surface area contributed by atoms with Gasteiger partial charge in [-0.3, -0.25) is 9.79 Å². The summed E-state index contributed by atoms with van der Waals surface area (Å²) in [6, 6.07) is 10.9. The van der Waals surface area contributed by atoms with Crippen molar-refractivity contribution in [3.63, 3.8) is 0 Å². The van der Waals surface area contributed by atoms with E-state index in [1.165, 1.54) is 36.3 Å². The molecule has 0 saturated heterocycles. The first-order valence-electron chi connectivity index (χ1n) is 12.4. The van der Waals surface area contributed by atoms with Gasteiger partial charge in [0.1, 0.15) is 11.4 Å². The second kappa shape index (κ2) is 10.3. The molecule has 2 aromatic rings. The molecule has 9 heteroatoms. The van der Waals surface area contributed by atoms with Gasteiger partial charge in [-0.2, -0.15) is 13.2 Å². The number of hydrogen-bond acceptors (Lipinski definition) is 5. The third kappa shape index (κ3) is 5.42. The summed E-state index contributed by atoms with van der Waals surface area (Å²) in [5.74, 6) is -0.0665. The van der Waals surface area contributed by atoms with Crippen molar-refractivity contribution in [3.05, 3.63) is 70.8 Å². The molecular weight excluding hydrogens is 485 g/mol. The Morgan fingerprint density at radius 1 is 1.16 bits per heavy atom. The normalized spacial score (nSPS) is 22.9. The average Bonchev–Trinajstić information content (AvgIpc) is 3.14. The zero-order valence-corrected chi connectivity index (χ0v) is 21.1. The molecule has 4 rings (SSSR count). The van der Waals surface area contributed by atoms with Gasteiger partial charge < -0.3 is 14.7 Å². The number of amides is 1. The predicted octanol–water partition coefficient (Wildman–Crippen LogP) is 5.40. The first-order chi connectivity index (χ1) is 17.4. The fraction of sp³-hybridized carbons (Fsp3) is 0.464. The van der Waals surface area contributed by atoms with Crippen LogP contribution in [0.15, 0.2) is 53.5 Å². The molecule has 0 radical (unpaired) electrons. The van der Waals surface area contributed by atoms with Crippen LogP contribution < -0.4 is 0 Å². The van der Waals surface area contributed by atoms with Gasteiger partial charge in [0.15, 0.2) is 0 Å². The fourth-order valence-corrected chi connectivity index (χ4v) is 5.31. The molecule has 1 heterocycles. The zero-order chi connectivity index (χ0) is 27.0. The summed E-state index contributed by atoms with van der Waals surface area (Å²) in [6.07, 6.45) is -2.84. The molecule has 0 aromatic heterocycles. The Morgan fingerprint density at radius 2 is 1.81 bits per heavy atom. The minimum atomic E-state index is -4.54. The van der Waals surface area contributed by atoms with E-state index in [9.17, 15) is 27.9 Å². The highest BCUT2D eigenvalue weighted by Crippen LogP contribution is 2.44. The Bertz CT molecular complexity index is 1180. The number of carbonyl (C=O) groups excluding carboxylic acids is 2. The molecule has 1 N–H and O–H groups in total. The summed E-state index contributed by atoms with van der Waals surface area (Å²) in [6.45, 7) is 4.23. The number of aliphatic hydroxyl groups is 1. The molecular formula is C28H31F3N2O4. The summed E-state index contributed by atoms with van der Waals surface area (Å²) >= 11 is 0. The first kappa shape index (κ1) is 26.9. The number of ether oxygens (including phenoxy) is 1. The van der Waals surface area contributed by atoms with Crippen molar-refractivity contribution >= 4 is 17.6 Å². The van der Waals surface area contributed by atoms with Crippen molar-refractivity contribution in [2.24, 2.45) is 16.8 Å². The lowest BCUT2D eigenvalue weighted by molar-refractivity contribution is -0.137. The van der Waals surface area contributed by atoms with Crippen LogP contribution in [0.4, 0.5) is 13.2 Å². The largest absolute Gasteiger partial charge is 0.465 e. The number of aliphatic imine (C=N–C) groups is 1. The van der Waals surface area contributed by atoms with Crippen molar-refractivity contribution in [2.75, 3.05) is 13.7 Å². The molecule has 1 atom stereocenters. The summed E-state index contributed by atoms with van der Waals surface area (Å²) in [4.78, 5) is 31.7. The fourth-order valence-electron chi connectivity index (χ4n) is 5.31. The van der Waals surface area contributed by atoms with E-state index in [0.717, 1.165) is 25.0 Å². The molecule has 1 saturated carbocycles. The highest BCUT2D eigenvalue weighted by atomic mass is 19.4. The Kier molecular flexibility index (Phi) is 7.46. The lowest BCUT2D eigenvalue weighted by atomic mass is 9.76. The molecule has 37 heavy (non-hydrogen) atoms. The van der Waals surface area contributed by atoms with Gasteiger partial charge in [0.2, 0.25) is 0 Å². The Balaban J connectivity index is 1.65. The smallest absolute Gasteiger partial charge is 0.416 e. The van der Waals surface area contributed by atoms with Gasteiger partial charge in [-0.25, -0.2) is 4.79 Å². The van der Waals surface area contributed by atoms with E-state index in [0.29, 0.717) is 35.8 Å². The molecule has 1 amide bonds. The van der Waals surface area contributed by atoms with E-state index >= 15 is 0 Å². The number of rotatable bonds is 6. The van der Waals surface area contributed by atoms with E-state index in [-0.39, 0.29) is 17.8 Å². The highest BCUT2D eigenvalue weighted by Gasteiger charge is 2.50. The molecule has 1 aliphatic heterocycles. The number of alkyl halides is 3. The molecule has 6 nitrogen and oxygen atoms in total. The van der Waals surface area contributed by atoms with E-state index in [1.54, 1.807) is 12.1 Å². The Hall–Kier alpha value is -3.20. The van der Waals surface area contributed by atoms with Gasteiger partial charge in [-0.1, -0.05) is 38.1 Å². The van der Waals surface area contributed by atoms with Crippen molar-refractivity contribution in [2.45, 2.75) is 57.5 Å². The number of hydrogen-bond donors (Lipinski definition) is 1. The second-order valence-electron chi connectivity index (χ2n) is 10.1. The number of aliphatic hydroxyl groups excluding tert-OH is 1. The van der Waals surface area contributed by atoms with Crippen molar-refractivity contribution in [1.29, 1.82) is 0 Å². The third-order valence-corrected chi connectivity index (χ3v) is 7.58. The van der Waals surface area contributed by atoms with Crippen molar-refractivity contribution in [3.8, 4) is 0 Å². The summed E-state index contributed by atoms with van der Waals surface area (Å²) in [5.41, 5.74) is -0.832. The number of benzene rings is 2. The first-order valence-corrected chi connectivity index (χ1v) is 12.4. The molecule has 0 bridgehead atoms. The highest BCUT2D eigenvalue weighted by molar-refractivity contribution is 6.46. The van der Waals surface area contributed by atoms with E-state index in [4.69, 9.17) is 9.73 Å². The van der Waals surface area contributed by atoms with Gasteiger partial charge >= 0.3 is 12.1 Å². The molecule has 2 aliphatic rings. The predicted molar refractivity (Wildman–Crippen MR) is 132 cm³/mol. The molecule has 1 spiro atoms. The molecule has 1 unspecified atom stereocenters. The minimum Gasteiger partial charge on any atom is -0.465 e. The number of methoxy groups -OCH3 is 1. The minimum absolute atomic E-state index is 0.0117. The molecule has 198 valence electrons. The van der Waals surface area contributed by atoms with E-state index < -0.39 is 35.4 Å². The monoisotopic (exact) mass is 516 g/mol. The van der Waals surface area contributed by atoms with Gasteiger partial charge in [-0.05, 0) is 67.3 Å². The Morgan fingerprint density at radius 3 is 2.38 bits per heavy atom. The second-order valence-corrected chi connectivity index (χ2v) is 10.1. The van der Waals surface area contributed by atoms with Gasteiger partial charge in [-0.15, -0.1) is 0 Å². The van der Waals surface area contributed by atoms with E-state index in [2.05, 4.69) is 13.8 Å². The quantitative estimate of drug-likeness (QED) is 0.522. The number of carbonyl (C=O) groups is 2. The standard InChI is InChI=1S/C28H31F3N2O4/c1-17(2)18-11-13-27(14-12-18)32-24(21-5-4-6-22(15-21)28(29,30)31)25(35)33(27)16-23(34)19-7-9-20(10-8-19)26(36)37-3/h4-10,15,17-18,23,34H,11-14,16H2,1-3H3. The van der Waals surface area contributed by atoms with Crippen LogP contribution in [0.2, 0.25) is 0 Å². The van der Waals surface area contributed by atoms with Crippen LogP contribution >= 0.6 is 0 Å².